The number of rotatable bonds is 13. The number of amides is 5. The highest BCUT2D eigenvalue weighted by Crippen LogP contribution is 2.04. The van der Waals surface area contributed by atoms with Crippen LogP contribution in [0.5, 0.6) is 0 Å². The number of primary amides is 1. The summed E-state index contributed by atoms with van der Waals surface area (Å²) in [4.78, 5) is 70.1. The molecule has 0 spiro atoms. The van der Waals surface area contributed by atoms with E-state index >= 15 is 0 Å². The molecule has 5 amide bonds. The van der Waals surface area contributed by atoms with Gasteiger partial charge in [-0.3, -0.25) is 24.0 Å². The fourth-order valence-corrected chi connectivity index (χ4v) is 2.42. The first kappa shape index (κ1) is 27.1. The van der Waals surface area contributed by atoms with Crippen LogP contribution in [0.15, 0.2) is 0 Å². The molecular formula is C15H26N6O8S. The second-order valence-electron chi connectivity index (χ2n) is 5.93. The zero-order valence-corrected chi connectivity index (χ0v) is 17.2. The number of thioether (sulfide) groups is 1. The Morgan fingerprint density at radius 2 is 1.50 bits per heavy atom. The van der Waals surface area contributed by atoms with E-state index in [2.05, 4.69) is 21.3 Å². The molecule has 0 saturated heterocycles. The smallest absolute Gasteiger partial charge is 0.336 e. The van der Waals surface area contributed by atoms with E-state index < -0.39 is 78.6 Å². The summed E-state index contributed by atoms with van der Waals surface area (Å²) in [5.41, 5.74) is 10.2. The molecule has 0 aromatic carbocycles. The molecule has 0 bridgehead atoms. The highest BCUT2D eigenvalue weighted by Gasteiger charge is 2.30. The van der Waals surface area contributed by atoms with Crippen molar-refractivity contribution in [2.75, 3.05) is 19.4 Å². The lowest BCUT2D eigenvalue weighted by atomic mass is 10.1. The maximum atomic E-state index is 12.3. The van der Waals surface area contributed by atoms with Gasteiger partial charge in [-0.15, -0.1) is 11.8 Å². The summed E-state index contributed by atoms with van der Waals surface area (Å²) in [6.45, 7) is 0.0641. The Morgan fingerprint density at radius 1 is 0.933 bits per heavy atom. The van der Waals surface area contributed by atoms with Crippen LogP contribution in [0.4, 0.5) is 0 Å². The number of carbonyl (C=O) groups excluding carboxylic acids is 5. The van der Waals surface area contributed by atoms with E-state index in [4.69, 9.17) is 16.6 Å². The molecule has 15 heteroatoms. The number of aliphatic carboxylic acids is 1. The first-order chi connectivity index (χ1) is 14.0. The number of aliphatic hydroxyl groups excluding tert-OH is 1. The zero-order valence-electron chi connectivity index (χ0n) is 16.3. The Kier molecular flexibility index (Phi) is 12.0. The summed E-state index contributed by atoms with van der Waals surface area (Å²) >= 11 is 0.804. The fourth-order valence-electron chi connectivity index (χ4n) is 1.99. The second-order valence-corrected chi connectivity index (χ2v) is 6.87. The van der Waals surface area contributed by atoms with Gasteiger partial charge < -0.3 is 42.9 Å². The van der Waals surface area contributed by atoms with Gasteiger partial charge in [0.05, 0.1) is 19.6 Å². The second kappa shape index (κ2) is 13.3. The Bertz CT molecular complexity index is 676. The summed E-state index contributed by atoms with van der Waals surface area (Å²) in [6, 6.07) is -4.10. The molecule has 0 aromatic rings. The first-order valence-electron chi connectivity index (χ1n) is 8.52. The van der Waals surface area contributed by atoms with E-state index in [1.54, 1.807) is 0 Å². The van der Waals surface area contributed by atoms with Crippen LogP contribution in [0.1, 0.15) is 13.3 Å². The van der Waals surface area contributed by atoms with Crippen molar-refractivity contribution in [1.82, 2.24) is 21.3 Å². The molecule has 2 unspecified atom stereocenters. The van der Waals surface area contributed by atoms with Gasteiger partial charge in [0.15, 0.2) is 5.37 Å². The molecular weight excluding hydrogens is 424 g/mol. The molecule has 4 atom stereocenters. The molecule has 0 fully saturated rings. The van der Waals surface area contributed by atoms with Crippen molar-refractivity contribution in [3.63, 3.8) is 0 Å². The van der Waals surface area contributed by atoms with Crippen LogP contribution in [0.25, 0.3) is 0 Å². The van der Waals surface area contributed by atoms with Gasteiger partial charge in [0, 0.05) is 0 Å². The molecule has 0 aliphatic heterocycles. The number of nitrogens with one attached hydrogen (secondary N) is 4. The van der Waals surface area contributed by atoms with Crippen molar-refractivity contribution < 1.29 is 39.0 Å². The molecule has 0 aliphatic rings. The standard InChI is InChI=1S/C15H26N6O8S/c1-6(18-13(27)8(5-22)19-10(24)4-16)11(25)20-7(3-9(17)23)12(26)21-14(30-2)15(28)29/h6-8,14,22H,3-5,16H2,1-2H3,(H2,17,23)(H,18,27)(H,19,24)(H,20,25)(H,21,26)(H,28,29)/t6-,7-,8?,14?/m0/s1. The molecule has 0 radical (unpaired) electrons. The number of carbonyl (C=O) groups is 6. The van der Waals surface area contributed by atoms with Crippen LogP contribution in [0, 0.1) is 0 Å². The van der Waals surface area contributed by atoms with Crippen LogP contribution >= 0.6 is 11.8 Å². The molecule has 30 heavy (non-hydrogen) atoms. The van der Waals surface area contributed by atoms with Gasteiger partial charge in [0.2, 0.25) is 29.5 Å². The minimum Gasteiger partial charge on any atom is -0.479 e. The highest BCUT2D eigenvalue weighted by molar-refractivity contribution is 7.99. The number of nitrogens with two attached hydrogens (primary N) is 2. The predicted octanol–water partition coefficient (Wildman–Crippen LogP) is -4.82. The van der Waals surface area contributed by atoms with Crippen LogP contribution < -0.4 is 32.7 Å². The molecule has 170 valence electrons. The van der Waals surface area contributed by atoms with Gasteiger partial charge in [-0.2, -0.15) is 0 Å². The monoisotopic (exact) mass is 450 g/mol. The maximum Gasteiger partial charge on any atom is 0.336 e. The van der Waals surface area contributed by atoms with E-state index in [-0.39, 0.29) is 0 Å². The van der Waals surface area contributed by atoms with Crippen LogP contribution in [-0.4, -0.2) is 88.6 Å². The van der Waals surface area contributed by atoms with Crippen LogP contribution in [0.2, 0.25) is 0 Å². The highest BCUT2D eigenvalue weighted by atomic mass is 32.2. The average molecular weight is 450 g/mol. The molecule has 10 N–H and O–H groups in total. The lowest BCUT2D eigenvalue weighted by molar-refractivity contribution is -0.140. The van der Waals surface area contributed by atoms with Crippen molar-refractivity contribution >= 4 is 47.3 Å². The molecule has 0 aromatic heterocycles. The topological polar surface area (TPSA) is 243 Å². The number of hydrogen-bond acceptors (Lipinski definition) is 9. The van der Waals surface area contributed by atoms with Crippen molar-refractivity contribution in [3.05, 3.63) is 0 Å². The predicted molar refractivity (Wildman–Crippen MR) is 104 cm³/mol. The molecule has 14 nitrogen and oxygen atoms in total. The minimum atomic E-state index is -1.49. The third-order valence-corrected chi connectivity index (χ3v) is 4.33. The summed E-state index contributed by atoms with van der Waals surface area (Å²) in [5.74, 6) is -5.75. The zero-order chi connectivity index (χ0) is 23.4. The number of carboxylic acid groups (broad SMARTS) is 1. The van der Waals surface area contributed by atoms with Gasteiger partial charge in [-0.1, -0.05) is 0 Å². The third-order valence-electron chi connectivity index (χ3n) is 3.54. The Hall–Kier alpha value is -2.91. The van der Waals surface area contributed by atoms with E-state index in [9.17, 15) is 33.9 Å². The maximum absolute atomic E-state index is 12.3. The van der Waals surface area contributed by atoms with Gasteiger partial charge >= 0.3 is 5.97 Å². The van der Waals surface area contributed by atoms with Gasteiger partial charge in [-0.05, 0) is 13.2 Å². The van der Waals surface area contributed by atoms with Crippen molar-refractivity contribution in [2.24, 2.45) is 11.5 Å². The van der Waals surface area contributed by atoms with Gasteiger partial charge in [0.25, 0.3) is 0 Å². The van der Waals surface area contributed by atoms with Crippen molar-refractivity contribution in [3.8, 4) is 0 Å². The van der Waals surface area contributed by atoms with Gasteiger partial charge in [0.1, 0.15) is 18.1 Å². The number of hydrogen-bond donors (Lipinski definition) is 8. The Balaban J connectivity index is 5.10. The molecule has 0 aliphatic carbocycles. The van der Waals surface area contributed by atoms with Crippen molar-refractivity contribution in [2.45, 2.75) is 36.8 Å². The van der Waals surface area contributed by atoms with Crippen molar-refractivity contribution in [1.29, 1.82) is 0 Å². The lowest BCUT2D eigenvalue weighted by Gasteiger charge is -2.23. The molecule has 0 saturated carbocycles. The van der Waals surface area contributed by atoms with Crippen LogP contribution in [0.3, 0.4) is 0 Å². The SMILES string of the molecule is CSC(NC(=O)[C@H](CC(N)=O)NC(=O)[C@H](C)NC(=O)C(CO)NC(=O)CN)C(=O)O. The summed E-state index contributed by atoms with van der Waals surface area (Å²) in [7, 11) is 0. The van der Waals surface area contributed by atoms with E-state index in [1.807, 2.05) is 0 Å². The first-order valence-corrected chi connectivity index (χ1v) is 9.80. The normalized spacial score (nSPS) is 14.4. The number of carboxylic acids is 1. The van der Waals surface area contributed by atoms with E-state index in [1.165, 1.54) is 13.2 Å². The average Bonchev–Trinajstić information content (AvgIpc) is 2.68. The third kappa shape index (κ3) is 9.53. The van der Waals surface area contributed by atoms with Crippen LogP contribution in [-0.2, 0) is 28.8 Å². The summed E-state index contributed by atoms with van der Waals surface area (Å²) < 4.78 is 0. The Labute approximate surface area is 175 Å². The summed E-state index contributed by atoms with van der Waals surface area (Å²) in [5, 5.41) is 25.5. The van der Waals surface area contributed by atoms with E-state index in [0.29, 0.717) is 0 Å². The largest absolute Gasteiger partial charge is 0.479 e. The van der Waals surface area contributed by atoms with E-state index in [0.717, 1.165) is 11.8 Å². The summed E-state index contributed by atoms with van der Waals surface area (Å²) in [6.07, 6.45) is 0.810. The van der Waals surface area contributed by atoms with Gasteiger partial charge in [-0.25, -0.2) is 4.79 Å². The molecule has 0 heterocycles. The Morgan fingerprint density at radius 3 is 1.93 bits per heavy atom. The molecule has 0 rings (SSSR count). The fraction of sp³-hybridized carbons (Fsp3) is 0.600. The lowest BCUT2D eigenvalue weighted by Crippen LogP contribution is -2.58. The quantitative estimate of drug-likeness (QED) is 0.124. The minimum absolute atomic E-state index is 0.420. The number of aliphatic hydroxyl groups is 1.